The first kappa shape index (κ1) is 13.7. The van der Waals surface area contributed by atoms with Crippen molar-refractivity contribution in [3.8, 4) is 10.6 Å². The molecule has 0 spiro atoms. The van der Waals surface area contributed by atoms with Gasteiger partial charge in [-0.25, -0.2) is 0 Å². The van der Waals surface area contributed by atoms with E-state index in [1.807, 2.05) is 11.3 Å². The van der Waals surface area contributed by atoms with E-state index in [0.29, 0.717) is 11.7 Å². The second kappa shape index (κ2) is 5.60. The van der Waals surface area contributed by atoms with E-state index in [1.54, 1.807) is 10.4 Å². The second-order valence-electron chi connectivity index (χ2n) is 6.18. The molecule has 0 atom stereocenters. The summed E-state index contributed by atoms with van der Waals surface area (Å²) in [6.07, 6.45) is 7.48. The van der Waals surface area contributed by atoms with Crippen LogP contribution >= 0.6 is 11.3 Å². The number of fused-ring (bicyclic) bond motifs is 1. The number of aromatic nitrogens is 2. The summed E-state index contributed by atoms with van der Waals surface area (Å²) in [7, 11) is 0. The molecular weight excluding hydrogens is 266 g/mol. The molecule has 0 amide bonds. The maximum absolute atomic E-state index is 6.04. The zero-order valence-corrected chi connectivity index (χ0v) is 13.1. The van der Waals surface area contributed by atoms with Crippen molar-refractivity contribution >= 4 is 17.2 Å². The highest BCUT2D eigenvalue weighted by Gasteiger charge is 2.18. The van der Waals surface area contributed by atoms with Crippen molar-refractivity contribution in [3.05, 3.63) is 22.1 Å². The van der Waals surface area contributed by atoms with Crippen LogP contribution in [-0.4, -0.2) is 10.2 Å². The fraction of sp³-hybridized carbons (Fsp3) is 0.562. The molecule has 0 unspecified atom stereocenters. The van der Waals surface area contributed by atoms with E-state index in [2.05, 4.69) is 30.1 Å². The number of rotatable bonds is 3. The second-order valence-corrected chi connectivity index (χ2v) is 7.32. The SMILES string of the molecule is CC(C)Cc1c(N)n[nH]c1-c1cc2c(s1)CCCCC2. The Morgan fingerprint density at radius 3 is 2.90 bits per heavy atom. The Balaban J connectivity index is 1.97. The molecule has 1 aliphatic carbocycles. The van der Waals surface area contributed by atoms with Crippen molar-refractivity contribution in [2.24, 2.45) is 5.92 Å². The number of nitrogens with zero attached hydrogens (tertiary/aromatic N) is 1. The van der Waals surface area contributed by atoms with Gasteiger partial charge >= 0.3 is 0 Å². The van der Waals surface area contributed by atoms with Gasteiger partial charge in [-0.15, -0.1) is 11.3 Å². The van der Waals surface area contributed by atoms with Gasteiger partial charge in [0, 0.05) is 10.4 Å². The quantitative estimate of drug-likeness (QED) is 0.832. The topological polar surface area (TPSA) is 54.7 Å². The fourth-order valence-corrected chi connectivity index (χ4v) is 4.26. The van der Waals surface area contributed by atoms with Crippen molar-refractivity contribution in [2.75, 3.05) is 5.73 Å². The van der Waals surface area contributed by atoms with Gasteiger partial charge < -0.3 is 5.73 Å². The summed E-state index contributed by atoms with van der Waals surface area (Å²) >= 11 is 1.93. The molecular formula is C16H23N3S. The molecule has 0 saturated carbocycles. The van der Waals surface area contributed by atoms with E-state index >= 15 is 0 Å². The molecule has 2 heterocycles. The summed E-state index contributed by atoms with van der Waals surface area (Å²) < 4.78 is 0. The number of aromatic amines is 1. The van der Waals surface area contributed by atoms with Crippen LogP contribution in [0.2, 0.25) is 0 Å². The molecule has 4 heteroatoms. The Kier molecular flexibility index (Phi) is 3.83. The summed E-state index contributed by atoms with van der Waals surface area (Å²) in [5.74, 6) is 1.25. The van der Waals surface area contributed by atoms with E-state index in [1.165, 1.54) is 42.5 Å². The lowest BCUT2D eigenvalue weighted by molar-refractivity contribution is 0.649. The number of nitrogen functional groups attached to an aromatic ring is 1. The lowest BCUT2D eigenvalue weighted by Gasteiger charge is -2.05. The highest BCUT2D eigenvalue weighted by molar-refractivity contribution is 7.15. The Bertz CT molecular complexity index is 571. The van der Waals surface area contributed by atoms with Crippen molar-refractivity contribution in [3.63, 3.8) is 0 Å². The fourth-order valence-electron chi connectivity index (χ4n) is 2.99. The van der Waals surface area contributed by atoms with Crippen LogP contribution in [0.1, 0.15) is 49.1 Å². The number of anilines is 1. The molecule has 20 heavy (non-hydrogen) atoms. The van der Waals surface area contributed by atoms with Crippen molar-refractivity contribution in [2.45, 2.75) is 52.4 Å². The van der Waals surface area contributed by atoms with Gasteiger partial charge in [-0.05, 0) is 49.7 Å². The highest BCUT2D eigenvalue weighted by Crippen LogP contribution is 2.37. The number of hydrogen-bond acceptors (Lipinski definition) is 3. The number of H-pyrrole nitrogens is 1. The van der Waals surface area contributed by atoms with E-state index in [0.717, 1.165) is 12.1 Å². The van der Waals surface area contributed by atoms with Gasteiger partial charge in [-0.1, -0.05) is 20.3 Å². The summed E-state index contributed by atoms with van der Waals surface area (Å²) in [5.41, 5.74) is 9.92. The van der Waals surface area contributed by atoms with Gasteiger partial charge in [0.2, 0.25) is 0 Å². The van der Waals surface area contributed by atoms with Crippen LogP contribution in [0.25, 0.3) is 10.6 Å². The number of thiophene rings is 1. The van der Waals surface area contributed by atoms with Crippen LogP contribution in [0, 0.1) is 5.92 Å². The minimum absolute atomic E-state index is 0.589. The normalized spacial score (nSPS) is 15.3. The maximum atomic E-state index is 6.04. The number of nitrogens with one attached hydrogen (secondary N) is 1. The Labute approximate surface area is 124 Å². The molecule has 0 fully saturated rings. The average molecular weight is 289 g/mol. The molecule has 1 aliphatic rings. The van der Waals surface area contributed by atoms with Crippen LogP contribution in [0.4, 0.5) is 5.82 Å². The van der Waals surface area contributed by atoms with Gasteiger partial charge in [-0.3, -0.25) is 5.10 Å². The summed E-state index contributed by atoms with van der Waals surface area (Å²) in [6, 6.07) is 2.36. The van der Waals surface area contributed by atoms with Crippen LogP contribution in [0.3, 0.4) is 0 Å². The Morgan fingerprint density at radius 2 is 2.10 bits per heavy atom. The predicted molar refractivity (Wildman–Crippen MR) is 86.1 cm³/mol. The van der Waals surface area contributed by atoms with Crippen LogP contribution < -0.4 is 5.73 Å². The molecule has 0 aromatic carbocycles. The molecule has 108 valence electrons. The summed E-state index contributed by atoms with van der Waals surface area (Å²) in [6.45, 7) is 4.44. The molecule has 3 N–H and O–H groups in total. The first-order chi connectivity index (χ1) is 9.65. The number of nitrogens with two attached hydrogens (primary N) is 1. The predicted octanol–water partition coefficient (Wildman–Crippen LogP) is 4.19. The summed E-state index contributed by atoms with van der Waals surface area (Å²) in [4.78, 5) is 2.89. The first-order valence-electron chi connectivity index (χ1n) is 7.60. The third-order valence-corrected chi connectivity index (χ3v) is 5.26. The first-order valence-corrected chi connectivity index (χ1v) is 8.41. The van der Waals surface area contributed by atoms with Gasteiger partial charge in [0.1, 0.15) is 5.82 Å². The van der Waals surface area contributed by atoms with E-state index < -0.39 is 0 Å². The zero-order valence-electron chi connectivity index (χ0n) is 12.3. The lowest BCUT2D eigenvalue weighted by atomic mass is 10.0. The lowest BCUT2D eigenvalue weighted by Crippen LogP contribution is -1.98. The third kappa shape index (κ3) is 2.62. The van der Waals surface area contributed by atoms with Crippen LogP contribution in [0.5, 0.6) is 0 Å². The van der Waals surface area contributed by atoms with Gasteiger partial charge in [-0.2, -0.15) is 5.10 Å². The molecule has 2 aromatic heterocycles. The zero-order chi connectivity index (χ0) is 14.1. The highest BCUT2D eigenvalue weighted by atomic mass is 32.1. The molecule has 0 saturated heterocycles. The molecule has 2 aromatic rings. The largest absolute Gasteiger partial charge is 0.382 e. The number of hydrogen-bond donors (Lipinski definition) is 2. The molecule has 0 bridgehead atoms. The maximum Gasteiger partial charge on any atom is 0.149 e. The van der Waals surface area contributed by atoms with Crippen LogP contribution in [-0.2, 0) is 19.3 Å². The third-order valence-electron chi connectivity index (χ3n) is 4.00. The number of aryl methyl sites for hydroxylation is 2. The van der Waals surface area contributed by atoms with E-state index in [9.17, 15) is 0 Å². The monoisotopic (exact) mass is 289 g/mol. The Hall–Kier alpha value is -1.29. The van der Waals surface area contributed by atoms with Crippen molar-refractivity contribution in [1.82, 2.24) is 10.2 Å². The van der Waals surface area contributed by atoms with Crippen molar-refractivity contribution in [1.29, 1.82) is 0 Å². The van der Waals surface area contributed by atoms with Gasteiger partial charge in [0.05, 0.1) is 10.6 Å². The van der Waals surface area contributed by atoms with E-state index in [-0.39, 0.29) is 0 Å². The Morgan fingerprint density at radius 1 is 1.30 bits per heavy atom. The van der Waals surface area contributed by atoms with E-state index in [4.69, 9.17) is 5.73 Å². The molecule has 0 aliphatic heterocycles. The average Bonchev–Trinajstić information content (AvgIpc) is 2.88. The van der Waals surface area contributed by atoms with Crippen molar-refractivity contribution < 1.29 is 0 Å². The summed E-state index contributed by atoms with van der Waals surface area (Å²) in [5, 5.41) is 7.39. The molecule has 0 radical (unpaired) electrons. The smallest absolute Gasteiger partial charge is 0.149 e. The minimum Gasteiger partial charge on any atom is -0.382 e. The standard InChI is InChI=1S/C16H23N3S/c1-10(2)8-12-15(18-19-16(12)17)14-9-11-6-4-3-5-7-13(11)20-14/h9-10H,3-8H2,1-2H3,(H3,17,18,19). The minimum atomic E-state index is 0.589. The van der Waals surface area contributed by atoms with Gasteiger partial charge in [0.15, 0.2) is 0 Å². The van der Waals surface area contributed by atoms with Gasteiger partial charge in [0.25, 0.3) is 0 Å². The van der Waals surface area contributed by atoms with Crippen LogP contribution in [0.15, 0.2) is 6.07 Å². The molecule has 3 nitrogen and oxygen atoms in total. The molecule has 3 rings (SSSR count).